The van der Waals surface area contributed by atoms with Crippen molar-refractivity contribution in [2.75, 3.05) is 14.1 Å². The van der Waals surface area contributed by atoms with Crippen LogP contribution in [-0.2, 0) is 11.3 Å². The van der Waals surface area contributed by atoms with E-state index in [4.69, 9.17) is 5.11 Å². The summed E-state index contributed by atoms with van der Waals surface area (Å²) in [6.07, 6.45) is 0.335. The molecule has 6 heteroatoms. The molecule has 0 aliphatic carbocycles. The highest BCUT2D eigenvalue weighted by Crippen LogP contribution is 2.10. The average molecular weight is 282 g/mol. The number of carbonyl (C=O) groups excluding carboxylic acids is 1. The van der Waals surface area contributed by atoms with Gasteiger partial charge in [-0.3, -0.25) is 0 Å². The van der Waals surface area contributed by atoms with E-state index < -0.39 is 12.0 Å². The zero-order valence-electron chi connectivity index (χ0n) is 11.8. The van der Waals surface area contributed by atoms with Crippen LogP contribution < -0.4 is 0 Å². The Morgan fingerprint density at radius 2 is 1.80 bits per heavy atom. The molecule has 0 aliphatic heterocycles. The van der Waals surface area contributed by atoms with Crippen molar-refractivity contribution in [2.24, 2.45) is 0 Å². The van der Waals surface area contributed by atoms with Gasteiger partial charge in [-0.15, -0.1) is 0 Å². The smallest absolute Gasteiger partial charge is 0.326 e. The summed E-state index contributed by atoms with van der Waals surface area (Å²) >= 11 is 0. The van der Waals surface area contributed by atoms with E-state index in [2.05, 4.69) is 0 Å². The van der Waals surface area contributed by atoms with Gasteiger partial charge in [-0.2, -0.15) is 0 Å². The van der Waals surface area contributed by atoms with E-state index in [9.17, 15) is 14.0 Å². The number of halogens is 1. The predicted molar refractivity (Wildman–Crippen MR) is 72.7 cm³/mol. The summed E-state index contributed by atoms with van der Waals surface area (Å²) in [6, 6.07) is 4.59. The number of carbonyl (C=O) groups is 2. The first-order valence-corrected chi connectivity index (χ1v) is 6.32. The van der Waals surface area contributed by atoms with Crippen LogP contribution >= 0.6 is 0 Å². The van der Waals surface area contributed by atoms with Gasteiger partial charge >= 0.3 is 12.0 Å². The van der Waals surface area contributed by atoms with Crippen LogP contribution in [0.15, 0.2) is 24.3 Å². The third-order valence-electron chi connectivity index (χ3n) is 3.10. The van der Waals surface area contributed by atoms with Crippen molar-refractivity contribution in [3.05, 3.63) is 35.6 Å². The van der Waals surface area contributed by atoms with Crippen LogP contribution in [0.4, 0.5) is 9.18 Å². The van der Waals surface area contributed by atoms with Crippen molar-refractivity contribution in [1.29, 1.82) is 0 Å². The van der Waals surface area contributed by atoms with Crippen LogP contribution in [-0.4, -0.2) is 47.0 Å². The van der Waals surface area contributed by atoms with Gasteiger partial charge in [0.25, 0.3) is 0 Å². The Morgan fingerprint density at radius 1 is 1.25 bits per heavy atom. The normalized spacial score (nSPS) is 11.8. The summed E-state index contributed by atoms with van der Waals surface area (Å²) < 4.78 is 12.8. The number of amides is 2. The SMILES string of the molecule is CCC(C(=O)O)N(C)C(=O)N(C)Cc1ccc(F)cc1. The second-order valence-corrected chi connectivity index (χ2v) is 4.64. The lowest BCUT2D eigenvalue weighted by Crippen LogP contribution is -2.47. The van der Waals surface area contributed by atoms with Gasteiger partial charge in [0.05, 0.1) is 0 Å². The lowest BCUT2D eigenvalue weighted by atomic mass is 10.2. The Kier molecular flexibility index (Phi) is 5.49. The molecule has 1 aromatic rings. The van der Waals surface area contributed by atoms with E-state index >= 15 is 0 Å². The second kappa shape index (κ2) is 6.88. The molecule has 20 heavy (non-hydrogen) atoms. The lowest BCUT2D eigenvalue weighted by molar-refractivity contribution is -0.142. The maximum atomic E-state index is 12.8. The fraction of sp³-hybridized carbons (Fsp3) is 0.429. The average Bonchev–Trinajstić information content (AvgIpc) is 2.40. The molecule has 1 aromatic carbocycles. The fourth-order valence-corrected chi connectivity index (χ4v) is 1.95. The molecular weight excluding hydrogens is 263 g/mol. The monoisotopic (exact) mass is 282 g/mol. The van der Waals surface area contributed by atoms with Gasteiger partial charge in [-0.1, -0.05) is 19.1 Å². The zero-order valence-corrected chi connectivity index (χ0v) is 11.8. The minimum absolute atomic E-state index is 0.291. The molecule has 0 fully saturated rings. The van der Waals surface area contributed by atoms with Gasteiger partial charge in [0.15, 0.2) is 0 Å². The van der Waals surface area contributed by atoms with Crippen LogP contribution in [0.3, 0.4) is 0 Å². The topological polar surface area (TPSA) is 60.9 Å². The van der Waals surface area contributed by atoms with E-state index in [1.54, 1.807) is 26.1 Å². The van der Waals surface area contributed by atoms with Gasteiger partial charge in [0, 0.05) is 20.6 Å². The number of aliphatic carboxylic acids is 1. The van der Waals surface area contributed by atoms with Crippen LogP contribution in [0.1, 0.15) is 18.9 Å². The first-order valence-electron chi connectivity index (χ1n) is 6.32. The Hall–Kier alpha value is -2.11. The number of rotatable bonds is 5. The Morgan fingerprint density at radius 3 is 2.25 bits per heavy atom. The molecule has 2 amide bonds. The van der Waals surface area contributed by atoms with Crippen molar-refractivity contribution >= 4 is 12.0 Å². The molecule has 0 saturated heterocycles. The highest BCUT2D eigenvalue weighted by molar-refractivity contribution is 5.82. The zero-order chi connectivity index (χ0) is 15.3. The standard InChI is InChI=1S/C14H19FN2O3/c1-4-12(13(18)19)17(3)14(20)16(2)9-10-5-7-11(15)8-6-10/h5-8,12H,4,9H2,1-3H3,(H,18,19). The van der Waals surface area contributed by atoms with E-state index in [0.717, 1.165) is 5.56 Å². The van der Waals surface area contributed by atoms with Crippen molar-refractivity contribution < 1.29 is 19.1 Å². The lowest BCUT2D eigenvalue weighted by Gasteiger charge is -2.29. The maximum absolute atomic E-state index is 12.8. The summed E-state index contributed by atoms with van der Waals surface area (Å²) in [5.74, 6) is -1.37. The summed E-state index contributed by atoms with van der Waals surface area (Å²) in [5.41, 5.74) is 0.777. The molecule has 1 atom stereocenters. The molecule has 0 spiro atoms. The van der Waals surface area contributed by atoms with Gasteiger partial charge in [0.2, 0.25) is 0 Å². The minimum Gasteiger partial charge on any atom is -0.480 e. The first kappa shape index (κ1) is 15.9. The minimum atomic E-state index is -1.03. The maximum Gasteiger partial charge on any atom is 0.326 e. The molecule has 1 N–H and O–H groups in total. The number of likely N-dealkylation sites (N-methyl/N-ethyl adjacent to an activating group) is 1. The summed E-state index contributed by atoms with van der Waals surface area (Å²) in [6.45, 7) is 2.00. The molecule has 5 nitrogen and oxygen atoms in total. The highest BCUT2D eigenvalue weighted by atomic mass is 19.1. The number of carboxylic acid groups (broad SMARTS) is 1. The van der Waals surface area contributed by atoms with Crippen LogP contribution in [0.2, 0.25) is 0 Å². The van der Waals surface area contributed by atoms with Gasteiger partial charge in [-0.25, -0.2) is 14.0 Å². The Balaban J connectivity index is 2.71. The second-order valence-electron chi connectivity index (χ2n) is 4.64. The molecule has 0 bridgehead atoms. The number of carboxylic acids is 1. The number of benzene rings is 1. The molecule has 1 unspecified atom stereocenters. The van der Waals surface area contributed by atoms with E-state index in [-0.39, 0.29) is 11.8 Å². The van der Waals surface area contributed by atoms with Crippen LogP contribution in [0.25, 0.3) is 0 Å². The van der Waals surface area contributed by atoms with Crippen LogP contribution in [0, 0.1) is 5.82 Å². The molecular formula is C14H19FN2O3. The molecule has 110 valence electrons. The van der Waals surface area contributed by atoms with E-state index in [0.29, 0.717) is 13.0 Å². The number of nitrogens with zero attached hydrogens (tertiary/aromatic N) is 2. The summed E-state index contributed by atoms with van der Waals surface area (Å²) in [7, 11) is 3.04. The number of hydrogen-bond acceptors (Lipinski definition) is 2. The van der Waals surface area contributed by atoms with Crippen molar-refractivity contribution in [3.63, 3.8) is 0 Å². The van der Waals surface area contributed by atoms with Crippen molar-refractivity contribution in [2.45, 2.75) is 25.9 Å². The first-order chi connectivity index (χ1) is 9.36. The molecule has 0 radical (unpaired) electrons. The molecule has 0 aromatic heterocycles. The number of urea groups is 1. The quantitative estimate of drug-likeness (QED) is 0.900. The highest BCUT2D eigenvalue weighted by Gasteiger charge is 2.26. The van der Waals surface area contributed by atoms with E-state index in [1.807, 2.05) is 0 Å². The van der Waals surface area contributed by atoms with Gasteiger partial charge in [-0.05, 0) is 24.1 Å². The van der Waals surface area contributed by atoms with Crippen LogP contribution in [0.5, 0.6) is 0 Å². The molecule has 0 aliphatic rings. The summed E-state index contributed by atoms with van der Waals surface area (Å²) in [5, 5.41) is 9.04. The number of hydrogen-bond donors (Lipinski definition) is 1. The third kappa shape index (κ3) is 3.94. The largest absolute Gasteiger partial charge is 0.480 e. The van der Waals surface area contributed by atoms with Crippen molar-refractivity contribution in [1.82, 2.24) is 9.80 Å². The van der Waals surface area contributed by atoms with Crippen molar-refractivity contribution in [3.8, 4) is 0 Å². The molecule has 0 saturated carbocycles. The Bertz CT molecular complexity index is 476. The predicted octanol–water partition coefficient (Wildman–Crippen LogP) is 2.17. The molecule has 1 rings (SSSR count). The van der Waals surface area contributed by atoms with Gasteiger partial charge < -0.3 is 14.9 Å². The summed E-state index contributed by atoms with van der Waals surface area (Å²) in [4.78, 5) is 25.8. The fourth-order valence-electron chi connectivity index (χ4n) is 1.95. The molecule has 0 heterocycles. The van der Waals surface area contributed by atoms with E-state index in [1.165, 1.54) is 29.0 Å². The Labute approximate surface area is 117 Å². The van der Waals surface area contributed by atoms with Gasteiger partial charge in [0.1, 0.15) is 11.9 Å². The third-order valence-corrected chi connectivity index (χ3v) is 3.10.